The predicted octanol–water partition coefficient (Wildman–Crippen LogP) is 3.24. The third-order valence-electron chi connectivity index (χ3n) is 3.96. The molecule has 0 fully saturated rings. The van der Waals surface area contributed by atoms with Crippen LogP contribution in [0.15, 0.2) is 65.1 Å². The van der Waals surface area contributed by atoms with Crippen LogP contribution < -0.4 is 0 Å². The van der Waals surface area contributed by atoms with Crippen molar-refractivity contribution >= 4 is 5.97 Å². The van der Waals surface area contributed by atoms with Crippen LogP contribution in [0.4, 0.5) is 0 Å². The Morgan fingerprint density at radius 3 is 2.36 bits per heavy atom. The van der Waals surface area contributed by atoms with E-state index in [0.717, 1.165) is 11.3 Å². The molecule has 8 heteroatoms. The van der Waals surface area contributed by atoms with E-state index in [1.165, 1.54) is 0 Å². The Balaban J connectivity index is 1.62. The SMILES string of the molecule is CCc1nnc(COC(=O)c2nc(-c3ccccc3)n(-c3ccccc3)n2)o1. The zero-order valence-corrected chi connectivity index (χ0v) is 15.1. The number of nitrogens with zero attached hydrogens (tertiary/aromatic N) is 5. The summed E-state index contributed by atoms with van der Waals surface area (Å²) in [6, 6.07) is 19.0. The minimum absolute atomic E-state index is 0.0436. The molecule has 28 heavy (non-hydrogen) atoms. The molecule has 0 saturated carbocycles. The summed E-state index contributed by atoms with van der Waals surface area (Å²) in [5.74, 6) is 0.561. The lowest BCUT2D eigenvalue weighted by Crippen LogP contribution is -2.08. The van der Waals surface area contributed by atoms with Crippen LogP contribution in [0.25, 0.3) is 17.1 Å². The Labute approximate surface area is 160 Å². The van der Waals surface area contributed by atoms with E-state index in [1.54, 1.807) is 4.68 Å². The molecule has 0 unspecified atom stereocenters. The lowest BCUT2D eigenvalue weighted by atomic mass is 10.2. The lowest BCUT2D eigenvalue weighted by molar-refractivity contribution is 0.0422. The summed E-state index contributed by atoms with van der Waals surface area (Å²) in [6.45, 7) is 1.76. The number of aromatic nitrogens is 5. The number of carbonyl (C=O) groups excluding carboxylic acids is 1. The fourth-order valence-electron chi connectivity index (χ4n) is 2.60. The van der Waals surface area contributed by atoms with Gasteiger partial charge in [0.05, 0.1) is 5.69 Å². The molecule has 2 aromatic heterocycles. The Hall–Kier alpha value is -3.81. The van der Waals surface area contributed by atoms with E-state index in [4.69, 9.17) is 9.15 Å². The highest BCUT2D eigenvalue weighted by molar-refractivity contribution is 5.85. The minimum atomic E-state index is -0.664. The molecule has 0 aliphatic heterocycles. The topological polar surface area (TPSA) is 95.9 Å². The fraction of sp³-hybridized carbons (Fsp3) is 0.150. The highest BCUT2D eigenvalue weighted by Crippen LogP contribution is 2.21. The maximum atomic E-state index is 12.5. The first-order valence-electron chi connectivity index (χ1n) is 8.81. The summed E-state index contributed by atoms with van der Waals surface area (Å²) in [7, 11) is 0. The third kappa shape index (κ3) is 3.66. The van der Waals surface area contributed by atoms with Gasteiger partial charge in [0.1, 0.15) is 0 Å². The molecule has 0 saturated heterocycles. The average molecular weight is 375 g/mol. The zero-order chi connectivity index (χ0) is 19.3. The van der Waals surface area contributed by atoms with Crippen molar-refractivity contribution in [2.45, 2.75) is 20.0 Å². The van der Waals surface area contributed by atoms with Crippen LogP contribution in [0.3, 0.4) is 0 Å². The number of esters is 1. The molecular weight excluding hydrogens is 358 g/mol. The quantitative estimate of drug-likeness (QED) is 0.477. The average Bonchev–Trinajstić information content (AvgIpc) is 3.40. The second-order valence-corrected chi connectivity index (χ2v) is 5.89. The molecule has 4 rings (SSSR count). The van der Waals surface area contributed by atoms with Gasteiger partial charge in [0.2, 0.25) is 5.89 Å². The largest absolute Gasteiger partial charge is 0.450 e. The van der Waals surface area contributed by atoms with Crippen molar-refractivity contribution in [3.05, 3.63) is 78.3 Å². The van der Waals surface area contributed by atoms with Gasteiger partial charge in [0.15, 0.2) is 12.4 Å². The summed E-state index contributed by atoms with van der Waals surface area (Å²) in [6.07, 6.45) is 0.615. The van der Waals surface area contributed by atoms with E-state index in [0.29, 0.717) is 18.1 Å². The summed E-state index contributed by atoms with van der Waals surface area (Å²) in [5, 5.41) is 12.0. The van der Waals surface area contributed by atoms with Crippen molar-refractivity contribution < 1.29 is 13.9 Å². The number of carbonyl (C=O) groups is 1. The van der Waals surface area contributed by atoms with Gasteiger partial charge >= 0.3 is 5.97 Å². The Bertz CT molecular complexity index is 1020. The lowest BCUT2D eigenvalue weighted by Gasteiger charge is -2.05. The van der Waals surface area contributed by atoms with Crippen molar-refractivity contribution in [1.82, 2.24) is 25.0 Å². The van der Waals surface area contributed by atoms with E-state index in [1.807, 2.05) is 67.6 Å². The second-order valence-electron chi connectivity index (χ2n) is 5.89. The maximum absolute atomic E-state index is 12.5. The van der Waals surface area contributed by atoms with Gasteiger partial charge in [-0.05, 0) is 12.1 Å². The predicted molar refractivity (Wildman–Crippen MR) is 99.6 cm³/mol. The Morgan fingerprint density at radius 2 is 1.68 bits per heavy atom. The molecule has 0 amide bonds. The molecule has 0 aliphatic carbocycles. The molecule has 2 aromatic carbocycles. The highest BCUT2D eigenvalue weighted by Gasteiger charge is 2.20. The van der Waals surface area contributed by atoms with Gasteiger partial charge in [-0.3, -0.25) is 0 Å². The summed E-state index contributed by atoms with van der Waals surface area (Å²) >= 11 is 0. The van der Waals surface area contributed by atoms with Crippen molar-refractivity contribution in [3.63, 3.8) is 0 Å². The number of aryl methyl sites for hydroxylation is 1. The third-order valence-corrected chi connectivity index (χ3v) is 3.96. The first kappa shape index (κ1) is 17.6. The van der Waals surface area contributed by atoms with Crippen LogP contribution in [-0.2, 0) is 17.8 Å². The molecule has 0 aliphatic rings. The molecule has 0 atom stereocenters. The summed E-state index contributed by atoms with van der Waals surface area (Å²) in [4.78, 5) is 16.9. The molecule has 8 nitrogen and oxygen atoms in total. The Kier molecular flexibility index (Phi) is 4.92. The fourth-order valence-corrected chi connectivity index (χ4v) is 2.60. The van der Waals surface area contributed by atoms with Crippen LogP contribution in [0.1, 0.15) is 29.3 Å². The smallest absolute Gasteiger partial charge is 0.378 e. The van der Waals surface area contributed by atoms with Gasteiger partial charge in [-0.2, -0.15) is 0 Å². The molecule has 0 radical (unpaired) electrons. The molecule has 140 valence electrons. The van der Waals surface area contributed by atoms with Crippen LogP contribution in [-0.4, -0.2) is 30.9 Å². The highest BCUT2D eigenvalue weighted by atomic mass is 16.5. The second kappa shape index (κ2) is 7.83. The number of hydrogen-bond donors (Lipinski definition) is 0. The van der Waals surface area contributed by atoms with Crippen molar-refractivity contribution in [2.24, 2.45) is 0 Å². The van der Waals surface area contributed by atoms with Crippen LogP contribution in [0.5, 0.6) is 0 Å². The van der Waals surface area contributed by atoms with E-state index < -0.39 is 5.97 Å². The molecule has 4 aromatic rings. The van der Waals surface area contributed by atoms with Crippen LogP contribution in [0.2, 0.25) is 0 Å². The van der Waals surface area contributed by atoms with E-state index >= 15 is 0 Å². The summed E-state index contributed by atoms with van der Waals surface area (Å²) < 4.78 is 12.2. The van der Waals surface area contributed by atoms with E-state index in [2.05, 4.69) is 20.3 Å². The molecule has 0 N–H and O–H groups in total. The number of hydrogen-bond acceptors (Lipinski definition) is 7. The monoisotopic (exact) mass is 375 g/mol. The van der Waals surface area contributed by atoms with Crippen molar-refractivity contribution in [2.75, 3.05) is 0 Å². The van der Waals surface area contributed by atoms with Crippen LogP contribution in [0, 0.1) is 0 Å². The molecule has 2 heterocycles. The number of benzene rings is 2. The normalized spacial score (nSPS) is 10.8. The van der Waals surface area contributed by atoms with Gasteiger partial charge in [-0.1, -0.05) is 55.5 Å². The summed E-state index contributed by atoms with van der Waals surface area (Å²) in [5.41, 5.74) is 1.62. The van der Waals surface area contributed by atoms with Gasteiger partial charge in [-0.15, -0.1) is 15.3 Å². The van der Waals surface area contributed by atoms with Crippen molar-refractivity contribution in [1.29, 1.82) is 0 Å². The van der Waals surface area contributed by atoms with Gasteiger partial charge in [-0.25, -0.2) is 14.5 Å². The van der Waals surface area contributed by atoms with Crippen LogP contribution >= 0.6 is 0 Å². The minimum Gasteiger partial charge on any atom is -0.450 e. The molecular formula is C20H17N5O3. The first-order chi connectivity index (χ1) is 13.7. The van der Waals surface area contributed by atoms with Gasteiger partial charge < -0.3 is 9.15 Å². The van der Waals surface area contributed by atoms with Gasteiger partial charge in [0.25, 0.3) is 11.7 Å². The molecule has 0 bridgehead atoms. The van der Waals surface area contributed by atoms with E-state index in [-0.39, 0.29) is 18.3 Å². The Morgan fingerprint density at radius 1 is 1.00 bits per heavy atom. The number of ether oxygens (including phenoxy) is 1. The number of para-hydroxylation sites is 1. The molecule has 0 spiro atoms. The van der Waals surface area contributed by atoms with Gasteiger partial charge in [0, 0.05) is 12.0 Å². The zero-order valence-electron chi connectivity index (χ0n) is 15.1. The maximum Gasteiger partial charge on any atom is 0.378 e. The van der Waals surface area contributed by atoms with Crippen molar-refractivity contribution in [3.8, 4) is 17.1 Å². The first-order valence-corrected chi connectivity index (χ1v) is 8.81. The standard InChI is InChI=1S/C20H17N5O3/c1-2-16-22-23-17(28-16)13-27-20(26)18-21-19(14-9-5-3-6-10-14)25(24-18)15-11-7-4-8-12-15/h3-12H,2,13H2,1H3. The number of rotatable bonds is 6. The van der Waals surface area contributed by atoms with E-state index in [9.17, 15) is 4.79 Å².